The molecular weight excluding hydrogens is 366 g/mol. The molecule has 2 atom stereocenters. The molecule has 3 fully saturated rings. The average molecular weight is 402 g/mol. The van der Waals surface area contributed by atoms with E-state index in [4.69, 9.17) is 4.74 Å². The van der Waals surface area contributed by atoms with Gasteiger partial charge in [-0.15, -0.1) is 0 Å². The van der Waals surface area contributed by atoms with Crippen LogP contribution in [0.5, 0.6) is 0 Å². The van der Waals surface area contributed by atoms with E-state index in [9.17, 15) is 9.90 Å². The van der Waals surface area contributed by atoms with E-state index in [1.54, 1.807) is 6.20 Å². The Bertz CT molecular complexity index is 710. The summed E-state index contributed by atoms with van der Waals surface area (Å²) in [7, 11) is 0. The minimum Gasteiger partial charge on any atom is -0.444 e. The number of carbonyl (C=O) groups is 1. The lowest BCUT2D eigenvalue weighted by Gasteiger charge is -2.45. The van der Waals surface area contributed by atoms with Crippen molar-refractivity contribution in [3.63, 3.8) is 0 Å². The highest BCUT2D eigenvalue weighted by Crippen LogP contribution is 2.41. The van der Waals surface area contributed by atoms with E-state index in [2.05, 4.69) is 9.88 Å². The Morgan fingerprint density at radius 2 is 1.90 bits per heavy atom. The Morgan fingerprint density at radius 1 is 1.14 bits per heavy atom. The topological polar surface area (TPSA) is 65.9 Å². The summed E-state index contributed by atoms with van der Waals surface area (Å²) >= 11 is 0. The number of rotatable bonds is 2. The fourth-order valence-electron chi connectivity index (χ4n) is 5.53. The summed E-state index contributed by atoms with van der Waals surface area (Å²) in [5, 5.41) is 11.1. The molecule has 1 aromatic rings. The van der Waals surface area contributed by atoms with Crippen LogP contribution in [0, 0.1) is 0 Å². The van der Waals surface area contributed by atoms with Gasteiger partial charge in [0.1, 0.15) is 11.2 Å². The van der Waals surface area contributed by atoms with Crippen molar-refractivity contribution in [3.8, 4) is 0 Å². The number of pyridine rings is 1. The molecule has 2 unspecified atom stereocenters. The van der Waals surface area contributed by atoms with Crippen molar-refractivity contribution in [1.82, 2.24) is 14.8 Å². The number of aliphatic hydroxyl groups is 1. The summed E-state index contributed by atoms with van der Waals surface area (Å²) < 4.78 is 5.67. The molecule has 6 heteroatoms. The largest absolute Gasteiger partial charge is 0.444 e. The number of nitrogens with zero attached hydrogens (tertiary/aromatic N) is 3. The first kappa shape index (κ1) is 20.6. The maximum absolute atomic E-state index is 12.7. The quantitative estimate of drug-likeness (QED) is 0.819. The van der Waals surface area contributed by atoms with Crippen molar-refractivity contribution in [2.24, 2.45) is 0 Å². The summed E-state index contributed by atoms with van der Waals surface area (Å²) in [5.41, 5.74) is -0.459. The number of aromatic nitrogens is 1. The van der Waals surface area contributed by atoms with Gasteiger partial charge >= 0.3 is 6.09 Å². The molecule has 2 saturated heterocycles. The number of piperidine rings is 1. The molecule has 1 aliphatic carbocycles. The van der Waals surface area contributed by atoms with Gasteiger partial charge < -0.3 is 14.7 Å². The molecule has 1 saturated carbocycles. The number of hydrogen-bond acceptors (Lipinski definition) is 5. The predicted molar refractivity (Wildman–Crippen MR) is 111 cm³/mol. The number of amides is 1. The van der Waals surface area contributed by atoms with E-state index < -0.39 is 11.2 Å². The molecule has 1 amide bonds. The Kier molecular flexibility index (Phi) is 5.60. The fourth-order valence-corrected chi connectivity index (χ4v) is 5.53. The first-order valence-corrected chi connectivity index (χ1v) is 11.2. The van der Waals surface area contributed by atoms with E-state index in [1.165, 1.54) is 0 Å². The molecule has 4 rings (SSSR count). The molecule has 0 spiro atoms. The predicted octanol–water partition coefficient (Wildman–Crippen LogP) is 3.69. The van der Waals surface area contributed by atoms with Crippen LogP contribution in [0.25, 0.3) is 0 Å². The molecular formula is C23H35N3O3. The molecule has 6 nitrogen and oxygen atoms in total. The lowest BCUT2D eigenvalue weighted by molar-refractivity contribution is -0.0369. The maximum Gasteiger partial charge on any atom is 0.410 e. The van der Waals surface area contributed by atoms with Crippen LogP contribution < -0.4 is 0 Å². The molecule has 0 bridgehead atoms. The van der Waals surface area contributed by atoms with E-state index in [-0.39, 0.29) is 12.1 Å². The van der Waals surface area contributed by atoms with Crippen LogP contribution in [-0.4, -0.2) is 62.8 Å². The van der Waals surface area contributed by atoms with Gasteiger partial charge in [-0.2, -0.15) is 0 Å². The summed E-state index contributed by atoms with van der Waals surface area (Å²) in [6, 6.07) is 6.93. The second-order valence-corrected chi connectivity index (χ2v) is 9.95. The average Bonchev–Trinajstić information content (AvgIpc) is 3.12. The molecule has 0 radical (unpaired) electrons. The third-order valence-electron chi connectivity index (χ3n) is 6.87. The number of fused-ring (bicyclic) bond motifs is 1. The number of ether oxygens (including phenoxy) is 1. The Hall–Kier alpha value is -1.66. The second kappa shape index (κ2) is 7.88. The second-order valence-electron chi connectivity index (χ2n) is 9.95. The fraction of sp³-hybridized carbons (Fsp3) is 0.739. The molecule has 3 heterocycles. The van der Waals surface area contributed by atoms with Crippen molar-refractivity contribution in [2.45, 2.75) is 95.0 Å². The number of carbonyl (C=O) groups excluding carboxylic acids is 1. The van der Waals surface area contributed by atoms with Crippen molar-refractivity contribution in [3.05, 3.63) is 30.1 Å². The lowest BCUT2D eigenvalue weighted by Crippen LogP contribution is -2.55. The summed E-state index contributed by atoms with van der Waals surface area (Å²) in [6.07, 6.45) is 8.24. The van der Waals surface area contributed by atoms with E-state index >= 15 is 0 Å². The molecule has 1 aromatic heterocycles. The van der Waals surface area contributed by atoms with Crippen molar-refractivity contribution in [1.29, 1.82) is 0 Å². The summed E-state index contributed by atoms with van der Waals surface area (Å²) in [4.78, 5) is 21.7. The number of hydrogen-bond donors (Lipinski definition) is 1. The van der Waals surface area contributed by atoms with E-state index in [1.807, 2.05) is 43.9 Å². The van der Waals surface area contributed by atoms with Gasteiger partial charge in [0.15, 0.2) is 0 Å². The van der Waals surface area contributed by atoms with Gasteiger partial charge in [-0.25, -0.2) is 4.79 Å². The third-order valence-corrected chi connectivity index (χ3v) is 6.87. The third kappa shape index (κ3) is 4.29. The van der Waals surface area contributed by atoms with Crippen LogP contribution in [-0.2, 0) is 10.3 Å². The zero-order valence-electron chi connectivity index (χ0n) is 18.0. The highest BCUT2D eigenvalue weighted by atomic mass is 16.6. The van der Waals surface area contributed by atoms with Gasteiger partial charge in [-0.05, 0) is 77.8 Å². The monoisotopic (exact) mass is 401 g/mol. The van der Waals surface area contributed by atoms with Crippen LogP contribution >= 0.6 is 0 Å². The minimum absolute atomic E-state index is 0.165. The summed E-state index contributed by atoms with van der Waals surface area (Å²) in [6.45, 7) is 7.61. The standard InChI is InChI=1S/C23H35N3O3/c1-22(2,3)29-21(27)26-15-6-7-18-19(26)11-16-25(18)17-9-12-23(28,13-10-17)20-8-4-5-14-24-20/h4-5,8,14,17-19,28H,6-7,9-13,15-16H2,1-3H3. The smallest absolute Gasteiger partial charge is 0.410 e. The first-order chi connectivity index (χ1) is 13.8. The van der Waals surface area contributed by atoms with Gasteiger partial charge in [0.25, 0.3) is 0 Å². The summed E-state index contributed by atoms with van der Waals surface area (Å²) in [5.74, 6) is 0. The highest BCUT2D eigenvalue weighted by molar-refractivity contribution is 5.69. The highest BCUT2D eigenvalue weighted by Gasteiger charge is 2.47. The van der Waals surface area contributed by atoms with Crippen molar-refractivity contribution in [2.75, 3.05) is 13.1 Å². The van der Waals surface area contributed by atoms with Crippen LogP contribution in [0.2, 0.25) is 0 Å². The van der Waals surface area contributed by atoms with Gasteiger partial charge in [-0.3, -0.25) is 9.88 Å². The van der Waals surface area contributed by atoms with Gasteiger partial charge in [0.2, 0.25) is 0 Å². The molecule has 2 aliphatic heterocycles. The van der Waals surface area contributed by atoms with Gasteiger partial charge in [0.05, 0.1) is 11.7 Å². The molecule has 3 aliphatic rings. The first-order valence-electron chi connectivity index (χ1n) is 11.2. The SMILES string of the molecule is CC(C)(C)OC(=O)N1CCCC2C1CCN2C1CCC(O)(c2ccccn2)CC1. The Balaban J connectivity index is 1.40. The van der Waals surface area contributed by atoms with Crippen LogP contribution in [0.3, 0.4) is 0 Å². The van der Waals surface area contributed by atoms with E-state index in [0.717, 1.165) is 63.7 Å². The minimum atomic E-state index is -0.800. The molecule has 160 valence electrons. The lowest BCUT2D eigenvalue weighted by atomic mass is 9.79. The van der Waals surface area contributed by atoms with E-state index in [0.29, 0.717) is 12.1 Å². The normalized spacial score (nSPS) is 33.4. The molecule has 1 N–H and O–H groups in total. The van der Waals surface area contributed by atoms with Crippen LogP contribution in [0.4, 0.5) is 4.79 Å². The van der Waals surface area contributed by atoms with Gasteiger partial charge in [0, 0.05) is 31.4 Å². The maximum atomic E-state index is 12.7. The Labute approximate surface area is 174 Å². The number of likely N-dealkylation sites (tertiary alicyclic amines) is 2. The Morgan fingerprint density at radius 3 is 2.55 bits per heavy atom. The zero-order valence-corrected chi connectivity index (χ0v) is 18.0. The molecule has 29 heavy (non-hydrogen) atoms. The van der Waals surface area contributed by atoms with Gasteiger partial charge in [-0.1, -0.05) is 6.07 Å². The van der Waals surface area contributed by atoms with Crippen molar-refractivity contribution >= 4 is 6.09 Å². The van der Waals surface area contributed by atoms with Crippen LogP contribution in [0.1, 0.15) is 71.4 Å². The molecule has 0 aromatic carbocycles. The van der Waals surface area contributed by atoms with Crippen molar-refractivity contribution < 1.29 is 14.6 Å². The zero-order chi connectivity index (χ0) is 20.6. The van der Waals surface area contributed by atoms with Crippen LogP contribution in [0.15, 0.2) is 24.4 Å².